The lowest BCUT2D eigenvalue weighted by Crippen LogP contribution is -2.41. The number of rotatable bonds is 7. The van der Waals surface area contributed by atoms with Gasteiger partial charge in [0.05, 0.1) is 6.61 Å². The van der Waals surface area contributed by atoms with E-state index in [1.807, 2.05) is 13.0 Å². The smallest absolute Gasteiger partial charge is 0.229 e. The van der Waals surface area contributed by atoms with E-state index in [2.05, 4.69) is 28.7 Å². The Labute approximate surface area is 127 Å². The largest absolute Gasteiger partial charge is 0.478 e. The highest BCUT2D eigenvalue weighted by molar-refractivity contribution is 5.36. The molecule has 5 nitrogen and oxygen atoms in total. The maximum atomic E-state index is 5.93. The van der Waals surface area contributed by atoms with E-state index in [0.717, 1.165) is 31.2 Å². The highest BCUT2D eigenvalue weighted by Gasteiger charge is 2.32. The summed E-state index contributed by atoms with van der Waals surface area (Å²) in [5.41, 5.74) is 6.88. The minimum absolute atomic E-state index is 0.459. The Balaban J connectivity index is 2.22. The minimum atomic E-state index is 0.459. The lowest BCUT2D eigenvalue weighted by atomic mass is 10.0. The molecule has 118 valence electrons. The van der Waals surface area contributed by atoms with E-state index in [1.54, 1.807) is 0 Å². The van der Waals surface area contributed by atoms with E-state index in [4.69, 9.17) is 10.5 Å². The van der Waals surface area contributed by atoms with E-state index in [9.17, 15) is 0 Å². The van der Waals surface area contributed by atoms with Gasteiger partial charge in [0.25, 0.3) is 0 Å². The summed E-state index contributed by atoms with van der Waals surface area (Å²) in [5.74, 6) is 2.02. The Morgan fingerprint density at radius 3 is 2.81 bits per heavy atom. The van der Waals surface area contributed by atoms with Gasteiger partial charge in [-0.2, -0.15) is 4.98 Å². The molecule has 2 rings (SSSR count). The summed E-state index contributed by atoms with van der Waals surface area (Å²) >= 11 is 0. The molecule has 1 saturated carbocycles. The van der Waals surface area contributed by atoms with Crippen LogP contribution in [0.15, 0.2) is 6.07 Å². The molecule has 0 aliphatic heterocycles. The predicted octanol–water partition coefficient (Wildman–Crippen LogP) is 2.53. The maximum Gasteiger partial charge on any atom is 0.229 e. The molecule has 0 saturated heterocycles. The summed E-state index contributed by atoms with van der Waals surface area (Å²) in [6, 6.07) is 2.36. The van der Waals surface area contributed by atoms with Crippen LogP contribution in [0.5, 0.6) is 5.88 Å². The molecule has 1 aromatic rings. The van der Waals surface area contributed by atoms with Crippen molar-refractivity contribution in [1.82, 2.24) is 9.97 Å². The third kappa shape index (κ3) is 3.84. The summed E-state index contributed by atoms with van der Waals surface area (Å²) < 4.78 is 5.68. The molecule has 2 atom stereocenters. The molecule has 0 bridgehead atoms. The second-order valence-corrected chi connectivity index (χ2v) is 5.78. The van der Waals surface area contributed by atoms with Crippen molar-refractivity contribution in [3.05, 3.63) is 11.8 Å². The van der Waals surface area contributed by atoms with E-state index in [1.165, 1.54) is 19.3 Å². The first-order chi connectivity index (χ1) is 10.2. The summed E-state index contributed by atoms with van der Waals surface area (Å²) in [6.45, 7) is 8.58. The zero-order valence-electron chi connectivity index (χ0n) is 13.5. The van der Waals surface area contributed by atoms with E-state index >= 15 is 0 Å². The summed E-state index contributed by atoms with van der Waals surface area (Å²) in [6.07, 6.45) is 4.61. The first-order valence-electron chi connectivity index (χ1n) is 8.14. The Morgan fingerprint density at radius 1 is 1.33 bits per heavy atom. The topological polar surface area (TPSA) is 64.3 Å². The maximum absolute atomic E-state index is 5.93. The van der Waals surface area contributed by atoms with Crippen molar-refractivity contribution < 1.29 is 4.74 Å². The fourth-order valence-electron chi connectivity index (χ4n) is 3.16. The molecule has 1 aromatic heterocycles. The van der Waals surface area contributed by atoms with Crippen molar-refractivity contribution in [2.24, 2.45) is 11.7 Å². The molecule has 21 heavy (non-hydrogen) atoms. The molecule has 0 spiro atoms. The molecule has 0 radical (unpaired) electrons. The lowest BCUT2D eigenvalue weighted by molar-refractivity contribution is 0.304. The van der Waals surface area contributed by atoms with Crippen molar-refractivity contribution in [3.8, 4) is 5.88 Å². The molecule has 2 N–H and O–H groups in total. The van der Waals surface area contributed by atoms with Gasteiger partial charge in [-0.3, -0.25) is 0 Å². The van der Waals surface area contributed by atoms with E-state index in [-0.39, 0.29) is 0 Å². The fraction of sp³-hybridized carbons (Fsp3) is 0.750. The summed E-state index contributed by atoms with van der Waals surface area (Å²) in [7, 11) is 0. The van der Waals surface area contributed by atoms with Gasteiger partial charge in [-0.05, 0) is 45.6 Å². The summed E-state index contributed by atoms with van der Waals surface area (Å²) in [4.78, 5) is 11.5. The molecule has 0 aromatic carbocycles. The quantitative estimate of drug-likeness (QED) is 0.836. The van der Waals surface area contributed by atoms with Crippen LogP contribution in [0.3, 0.4) is 0 Å². The molecular formula is C16H28N4O. The molecule has 2 unspecified atom stereocenters. The zero-order valence-corrected chi connectivity index (χ0v) is 13.5. The number of hydrogen-bond acceptors (Lipinski definition) is 5. The first kappa shape index (κ1) is 16.0. The third-order valence-corrected chi connectivity index (χ3v) is 4.19. The van der Waals surface area contributed by atoms with Crippen LogP contribution < -0.4 is 15.4 Å². The Hall–Kier alpha value is -1.36. The van der Waals surface area contributed by atoms with Crippen molar-refractivity contribution in [2.45, 2.75) is 52.5 Å². The van der Waals surface area contributed by atoms with Gasteiger partial charge in [-0.15, -0.1) is 0 Å². The highest BCUT2D eigenvalue weighted by atomic mass is 16.5. The SMILES string of the molecule is CCCOc1cc(C)nc(N(CC)C2CCCC2CN)n1. The van der Waals surface area contributed by atoms with Gasteiger partial charge < -0.3 is 15.4 Å². The van der Waals surface area contributed by atoms with Gasteiger partial charge in [0.1, 0.15) is 0 Å². The second kappa shape index (κ2) is 7.59. The Kier molecular flexibility index (Phi) is 5.79. The normalized spacial score (nSPS) is 21.5. The van der Waals surface area contributed by atoms with Crippen molar-refractivity contribution >= 4 is 5.95 Å². The van der Waals surface area contributed by atoms with Gasteiger partial charge in [0, 0.05) is 24.3 Å². The van der Waals surface area contributed by atoms with Gasteiger partial charge in [-0.25, -0.2) is 4.98 Å². The summed E-state index contributed by atoms with van der Waals surface area (Å²) in [5, 5.41) is 0. The minimum Gasteiger partial charge on any atom is -0.478 e. The highest BCUT2D eigenvalue weighted by Crippen LogP contribution is 2.31. The molecule has 0 amide bonds. The molecule has 1 aliphatic rings. The number of anilines is 1. The van der Waals surface area contributed by atoms with Crippen molar-refractivity contribution in [1.29, 1.82) is 0 Å². The second-order valence-electron chi connectivity index (χ2n) is 5.78. The zero-order chi connectivity index (χ0) is 15.2. The van der Waals surface area contributed by atoms with Crippen LogP contribution in [0.25, 0.3) is 0 Å². The number of aromatic nitrogens is 2. The van der Waals surface area contributed by atoms with Crippen LogP contribution in [0, 0.1) is 12.8 Å². The number of ether oxygens (including phenoxy) is 1. The number of nitrogens with two attached hydrogens (primary N) is 1. The standard InChI is InChI=1S/C16H28N4O/c1-4-9-21-15-10-12(3)18-16(19-15)20(5-2)14-8-6-7-13(14)11-17/h10,13-14H,4-9,11,17H2,1-3H3. The molecular weight excluding hydrogens is 264 g/mol. The molecule has 1 aliphatic carbocycles. The molecule has 5 heteroatoms. The van der Waals surface area contributed by atoms with E-state index < -0.39 is 0 Å². The number of nitrogens with zero attached hydrogens (tertiary/aromatic N) is 3. The third-order valence-electron chi connectivity index (χ3n) is 4.19. The Morgan fingerprint density at radius 2 is 2.14 bits per heavy atom. The van der Waals surface area contributed by atoms with E-state index in [0.29, 0.717) is 24.4 Å². The predicted molar refractivity (Wildman–Crippen MR) is 85.8 cm³/mol. The van der Waals surface area contributed by atoms with Gasteiger partial charge in [0.2, 0.25) is 11.8 Å². The van der Waals surface area contributed by atoms with Crippen LogP contribution >= 0.6 is 0 Å². The average molecular weight is 292 g/mol. The van der Waals surface area contributed by atoms with Gasteiger partial charge in [0.15, 0.2) is 0 Å². The number of hydrogen-bond donors (Lipinski definition) is 1. The average Bonchev–Trinajstić information content (AvgIpc) is 2.94. The first-order valence-corrected chi connectivity index (χ1v) is 8.14. The fourth-order valence-corrected chi connectivity index (χ4v) is 3.16. The van der Waals surface area contributed by atoms with Crippen molar-refractivity contribution in [3.63, 3.8) is 0 Å². The van der Waals surface area contributed by atoms with Gasteiger partial charge >= 0.3 is 0 Å². The monoisotopic (exact) mass is 292 g/mol. The van der Waals surface area contributed by atoms with Crippen LogP contribution in [-0.4, -0.2) is 35.7 Å². The molecule has 1 fully saturated rings. The van der Waals surface area contributed by atoms with Crippen LogP contribution in [-0.2, 0) is 0 Å². The Bertz CT molecular complexity index is 452. The number of aryl methyl sites for hydroxylation is 1. The molecule has 1 heterocycles. The lowest BCUT2D eigenvalue weighted by Gasteiger charge is -2.32. The van der Waals surface area contributed by atoms with Crippen LogP contribution in [0.1, 0.15) is 45.2 Å². The van der Waals surface area contributed by atoms with Crippen molar-refractivity contribution in [2.75, 3.05) is 24.6 Å². The van der Waals surface area contributed by atoms with Crippen LogP contribution in [0.4, 0.5) is 5.95 Å². The van der Waals surface area contributed by atoms with Crippen LogP contribution in [0.2, 0.25) is 0 Å². The van der Waals surface area contributed by atoms with Gasteiger partial charge in [-0.1, -0.05) is 13.3 Å².